The zero-order valence-electron chi connectivity index (χ0n) is 19.6. The number of para-hydroxylation sites is 1. The number of carbonyl (C=O) groups is 1. The number of ether oxygens (including phenoxy) is 2. The fourth-order valence-electron chi connectivity index (χ4n) is 5.12. The van der Waals surface area contributed by atoms with Crippen LogP contribution in [0.2, 0.25) is 5.02 Å². The number of benzene rings is 1. The number of hydrogen-bond acceptors (Lipinski definition) is 7. The average molecular weight is 525 g/mol. The van der Waals surface area contributed by atoms with E-state index < -0.39 is 11.8 Å². The van der Waals surface area contributed by atoms with Gasteiger partial charge >= 0.3 is 5.97 Å². The van der Waals surface area contributed by atoms with E-state index in [-0.39, 0.29) is 6.10 Å². The summed E-state index contributed by atoms with van der Waals surface area (Å²) in [5.41, 5.74) is 2.54. The number of rotatable bonds is 5. The lowest BCUT2D eigenvalue weighted by Crippen LogP contribution is -2.43. The molecule has 0 amide bonds. The van der Waals surface area contributed by atoms with Gasteiger partial charge in [-0.3, -0.25) is 9.88 Å². The number of thiophene rings is 1. The van der Waals surface area contributed by atoms with Gasteiger partial charge in [0.05, 0.1) is 23.2 Å². The molecule has 10 heteroatoms. The van der Waals surface area contributed by atoms with Crippen LogP contribution in [0.3, 0.4) is 0 Å². The summed E-state index contributed by atoms with van der Waals surface area (Å²) in [5.74, 6) is 0.0914. The van der Waals surface area contributed by atoms with E-state index >= 15 is 0 Å². The molecule has 2 aliphatic rings. The summed E-state index contributed by atoms with van der Waals surface area (Å²) in [5, 5.41) is 9.74. The fourth-order valence-corrected chi connectivity index (χ4v) is 6.08. The van der Waals surface area contributed by atoms with Gasteiger partial charge < -0.3 is 19.6 Å². The number of nitrogens with zero attached hydrogens (tertiary/aromatic N) is 3. The highest BCUT2D eigenvalue weighted by molar-refractivity contribution is 7.20. The molecule has 2 aliphatic heterocycles. The minimum Gasteiger partial charge on any atom is -0.477 e. The van der Waals surface area contributed by atoms with E-state index in [1.807, 2.05) is 31.2 Å². The molecule has 4 aromatic rings. The summed E-state index contributed by atoms with van der Waals surface area (Å²) in [6.07, 6.45) is 3.45. The second kappa shape index (κ2) is 9.15. The molecular weight excluding hydrogens is 500 g/mol. The summed E-state index contributed by atoms with van der Waals surface area (Å²) >= 11 is 7.25. The molecule has 5 heterocycles. The number of imidazole rings is 1. The van der Waals surface area contributed by atoms with Crippen LogP contribution in [0.25, 0.3) is 10.3 Å². The molecule has 2 atom stereocenters. The molecule has 36 heavy (non-hydrogen) atoms. The molecule has 6 rings (SSSR count). The topological polar surface area (TPSA) is 101 Å². The zero-order chi connectivity index (χ0) is 24.9. The van der Waals surface area contributed by atoms with E-state index in [0.717, 1.165) is 53.4 Å². The first-order valence-corrected chi connectivity index (χ1v) is 13.1. The van der Waals surface area contributed by atoms with Crippen molar-refractivity contribution in [1.29, 1.82) is 0 Å². The fraction of sp³-hybridized carbons (Fsp3) is 0.346. The van der Waals surface area contributed by atoms with Gasteiger partial charge in [0.15, 0.2) is 0 Å². The second-order valence-electron chi connectivity index (χ2n) is 9.42. The van der Waals surface area contributed by atoms with Gasteiger partial charge in [-0.25, -0.2) is 9.78 Å². The Morgan fingerprint density at radius 2 is 2.08 bits per heavy atom. The summed E-state index contributed by atoms with van der Waals surface area (Å²) in [4.78, 5) is 27.0. The number of likely N-dealkylation sites (tertiary alicyclic amines) is 1. The van der Waals surface area contributed by atoms with Crippen LogP contribution in [0.1, 0.15) is 52.6 Å². The van der Waals surface area contributed by atoms with Crippen molar-refractivity contribution in [2.45, 2.75) is 38.2 Å². The summed E-state index contributed by atoms with van der Waals surface area (Å²) in [6.45, 7) is 4.45. The van der Waals surface area contributed by atoms with Crippen molar-refractivity contribution in [1.82, 2.24) is 19.9 Å². The van der Waals surface area contributed by atoms with E-state index in [1.165, 1.54) is 11.3 Å². The first-order chi connectivity index (χ1) is 17.4. The van der Waals surface area contributed by atoms with Crippen LogP contribution in [0.15, 0.2) is 48.7 Å². The molecule has 0 spiro atoms. The Labute approximate surface area is 216 Å². The number of carboxylic acids is 1. The Balaban J connectivity index is 1.16. The quantitative estimate of drug-likeness (QED) is 0.350. The average Bonchev–Trinajstić information content (AvgIpc) is 3.43. The molecule has 3 aromatic heterocycles. The van der Waals surface area contributed by atoms with Crippen LogP contribution in [0, 0.1) is 5.92 Å². The van der Waals surface area contributed by atoms with Gasteiger partial charge in [-0.2, -0.15) is 0 Å². The smallest absolute Gasteiger partial charge is 0.346 e. The van der Waals surface area contributed by atoms with E-state index in [2.05, 4.69) is 25.9 Å². The molecule has 0 saturated carbocycles. The number of pyridine rings is 1. The molecule has 0 aliphatic carbocycles. The lowest BCUT2D eigenvalue weighted by molar-refractivity contribution is -0.244. The third-order valence-corrected chi connectivity index (χ3v) is 8.19. The lowest BCUT2D eigenvalue weighted by atomic mass is 9.86. The zero-order valence-corrected chi connectivity index (χ0v) is 21.2. The third kappa shape index (κ3) is 4.37. The van der Waals surface area contributed by atoms with E-state index in [4.69, 9.17) is 26.2 Å². The Hall–Kier alpha value is -2.98. The van der Waals surface area contributed by atoms with Crippen molar-refractivity contribution >= 4 is 39.3 Å². The Morgan fingerprint density at radius 1 is 1.28 bits per heavy atom. The number of aromatic carboxylic acids is 1. The Kier molecular flexibility index (Phi) is 5.95. The summed E-state index contributed by atoms with van der Waals surface area (Å²) in [6, 6.07) is 13.4. The van der Waals surface area contributed by atoms with Crippen LogP contribution >= 0.6 is 22.9 Å². The monoisotopic (exact) mass is 524 g/mol. The summed E-state index contributed by atoms with van der Waals surface area (Å²) in [7, 11) is 0. The third-order valence-electron chi connectivity index (χ3n) is 6.95. The standard InChI is InChI=1S/C26H25ClN4O4S/c1-26(21-7-6-16(27)13-28-21)34-19-5-3-2-4-17(19)23(35-26)15-8-10-31(11-9-15)14-22-29-18-12-20(25(32)33)36-24(18)30-22/h2-7,12-13,15,23H,8-11,14H2,1H3,(H,29,30)(H,32,33)/t23?,26-/m1/s1. The predicted octanol–water partition coefficient (Wildman–Crippen LogP) is 5.61. The van der Waals surface area contributed by atoms with Crippen LogP contribution in [0.4, 0.5) is 0 Å². The Morgan fingerprint density at radius 3 is 2.81 bits per heavy atom. The van der Waals surface area contributed by atoms with Gasteiger partial charge in [0.1, 0.15) is 27.0 Å². The van der Waals surface area contributed by atoms with E-state index in [0.29, 0.717) is 28.1 Å². The molecule has 8 nitrogen and oxygen atoms in total. The molecule has 1 saturated heterocycles. The van der Waals surface area contributed by atoms with Crippen LogP contribution in [0.5, 0.6) is 5.75 Å². The molecule has 1 unspecified atom stereocenters. The van der Waals surface area contributed by atoms with Crippen molar-refractivity contribution in [3.63, 3.8) is 0 Å². The number of aromatic amines is 1. The summed E-state index contributed by atoms with van der Waals surface area (Å²) < 4.78 is 13.0. The number of aromatic nitrogens is 3. The first-order valence-electron chi connectivity index (χ1n) is 11.9. The number of hydrogen-bond donors (Lipinski definition) is 2. The van der Waals surface area contributed by atoms with Gasteiger partial charge in [-0.1, -0.05) is 29.8 Å². The van der Waals surface area contributed by atoms with Crippen molar-refractivity contribution < 1.29 is 19.4 Å². The number of halogens is 1. The highest BCUT2D eigenvalue weighted by atomic mass is 35.5. The Bertz CT molecular complexity index is 1380. The maximum absolute atomic E-state index is 11.2. The number of nitrogens with one attached hydrogen (secondary N) is 1. The first kappa shape index (κ1) is 23.4. The maximum atomic E-state index is 11.2. The number of H-pyrrole nitrogens is 1. The molecule has 186 valence electrons. The van der Waals surface area contributed by atoms with Crippen LogP contribution in [-0.2, 0) is 17.1 Å². The molecule has 1 aromatic carbocycles. The predicted molar refractivity (Wildman–Crippen MR) is 136 cm³/mol. The van der Waals surface area contributed by atoms with Crippen LogP contribution < -0.4 is 4.74 Å². The second-order valence-corrected chi connectivity index (χ2v) is 10.9. The minimum atomic E-state index is -1.00. The molecule has 0 bridgehead atoms. The maximum Gasteiger partial charge on any atom is 0.346 e. The number of fused-ring (bicyclic) bond motifs is 2. The van der Waals surface area contributed by atoms with Crippen molar-refractivity contribution in [2.24, 2.45) is 5.92 Å². The van der Waals surface area contributed by atoms with Gasteiger partial charge in [0.2, 0.25) is 0 Å². The van der Waals surface area contributed by atoms with Gasteiger partial charge in [0.25, 0.3) is 5.79 Å². The number of piperidine rings is 1. The number of carboxylic acid groups (broad SMARTS) is 1. The normalized spacial score (nSPS) is 22.9. The van der Waals surface area contributed by atoms with Gasteiger partial charge in [0, 0.05) is 18.7 Å². The lowest BCUT2D eigenvalue weighted by Gasteiger charge is -2.44. The molecule has 0 radical (unpaired) electrons. The van der Waals surface area contributed by atoms with Crippen molar-refractivity contribution in [3.05, 3.63) is 75.6 Å². The van der Waals surface area contributed by atoms with E-state index in [1.54, 1.807) is 18.3 Å². The molecular formula is C26H25ClN4O4S. The SMILES string of the molecule is C[C@@]1(c2ccc(Cl)cn2)Oc2ccccc2C(C2CCN(Cc3nc4sc(C(=O)O)cc4[nH]3)CC2)O1. The minimum absolute atomic E-state index is 0.108. The van der Waals surface area contributed by atoms with Crippen LogP contribution in [-0.4, -0.2) is 44.0 Å². The van der Waals surface area contributed by atoms with Gasteiger partial charge in [-0.05, 0) is 56.1 Å². The van der Waals surface area contributed by atoms with Crippen molar-refractivity contribution in [2.75, 3.05) is 13.1 Å². The highest BCUT2D eigenvalue weighted by Gasteiger charge is 2.44. The highest BCUT2D eigenvalue weighted by Crippen LogP contribution is 2.48. The van der Waals surface area contributed by atoms with Gasteiger partial charge in [-0.15, -0.1) is 11.3 Å². The van der Waals surface area contributed by atoms with E-state index in [9.17, 15) is 4.79 Å². The largest absolute Gasteiger partial charge is 0.477 e. The molecule has 1 fully saturated rings. The molecule has 2 N–H and O–H groups in total. The van der Waals surface area contributed by atoms with Crippen molar-refractivity contribution in [3.8, 4) is 5.75 Å².